The van der Waals surface area contributed by atoms with Gasteiger partial charge in [0.2, 0.25) is 0 Å². The van der Waals surface area contributed by atoms with Crippen molar-refractivity contribution in [2.24, 2.45) is 0 Å². The number of hydrogen-bond donors (Lipinski definition) is 2. The second-order valence-corrected chi connectivity index (χ2v) is 5.52. The lowest BCUT2D eigenvalue weighted by Gasteiger charge is -2.00. The number of fused-ring (bicyclic) bond motifs is 1. The standard InChI is InChI=1S/C15H14N4.C4H4O4/c16-6-3-8-19-11-13(10-18-9-7-17-12-18)14-4-1-2-5-15(14)19;5-3(6)1-2-4(7)8/h1-2,4-5,7,9,11-12H,3,8,10H2;1-2H,(H,5,6)(H,7,8). The Morgan fingerprint density at radius 2 is 1.89 bits per heavy atom. The van der Waals surface area contributed by atoms with Crippen LogP contribution in [0, 0.1) is 11.3 Å². The molecule has 0 saturated heterocycles. The van der Waals surface area contributed by atoms with Crippen molar-refractivity contribution >= 4 is 22.8 Å². The van der Waals surface area contributed by atoms with Gasteiger partial charge < -0.3 is 19.3 Å². The lowest BCUT2D eigenvalue weighted by atomic mass is 10.2. The maximum atomic E-state index is 9.55. The Kier molecular flexibility index (Phi) is 6.91. The van der Waals surface area contributed by atoms with Gasteiger partial charge in [0, 0.05) is 48.2 Å². The van der Waals surface area contributed by atoms with E-state index in [1.807, 2.05) is 24.7 Å². The van der Waals surface area contributed by atoms with E-state index in [0.29, 0.717) is 18.6 Å². The van der Waals surface area contributed by atoms with Gasteiger partial charge in [-0.2, -0.15) is 5.26 Å². The fourth-order valence-corrected chi connectivity index (χ4v) is 2.52. The number of carbonyl (C=O) groups is 2. The number of nitriles is 1. The van der Waals surface area contributed by atoms with Crippen LogP contribution in [-0.2, 0) is 22.7 Å². The van der Waals surface area contributed by atoms with E-state index in [1.54, 1.807) is 6.20 Å². The molecule has 1 aromatic carbocycles. The first kappa shape index (κ1) is 19.5. The third-order valence-electron chi connectivity index (χ3n) is 3.62. The van der Waals surface area contributed by atoms with Gasteiger partial charge in [-0.3, -0.25) is 0 Å². The van der Waals surface area contributed by atoms with E-state index in [2.05, 4.69) is 38.5 Å². The molecule has 2 heterocycles. The largest absolute Gasteiger partial charge is 0.478 e. The summed E-state index contributed by atoms with van der Waals surface area (Å²) in [4.78, 5) is 23.2. The van der Waals surface area contributed by atoms with Crippen molar-refractivity contribution in [1.82, 2.24) is 14.1 Å². The molecule has 0 amide bonds. The number of aryl methyl sites for hydroxylation is 1. The molecular weight excluding hydrogens is 348 g/mol. The average Bonchev–Trinajstić information content (AvgIpc) is 3.28. The molecule has 0 atom stereocenters. The van der Waals surface area contributed by atoms with Gasteiger partial charge in [0.05, 0.1) is 25.4 Å². The summed E-state index contributed by atoms with van der Waals surface area (Å²) in [5.41, 5.74) is 2.44. The molecule has 138 valence electrons. The second-order valence-electron chi connectivity index (χ2n) is 5.52. The van der Waals surface area contributed by atoms with Crippen LogP contribution in [0.25, 0.3) is 10.9 Å². The van der Waals surface area contributed by atoms with Crippen molar-refractivity contribution in [3.05, 3.63) is 66.9 Å². The molecule has 0 aliphatic rings. The molecule has 0 spiro atoms. The molecule has 3 aromatic rings. The second kappa shape index (κ2) is 9.58. The SMILES string of the molecule is N#CCCn1cc(Cn2ccnc2)c2ccccc21.O=C(O)C=CC(=O)O. The molecule has 0 aliphatic heterocycles. The topological polar surface area (TPSA) is 121 Å². The minimum atomic E-state index is -1.26. The number of carboxylic acids is 2. The fourth-order valence-electron chi connectivity index (χ4n) is 2.52. The van der Waals surface area contributed by atoms with Crippen LogP contribution in [0.1, 0.15) is 12.0 Å². The van der Waals surface area contributed by atoms with Crippen LogP contribution in [0.3, 0.4) is 0 Å². The maximum absolute atomic E-state index is 9.55. The Labute approximate surface area is 155 Å². The van der Waals surface area contributed by atoms with Gasteiger partial charge in [-0.1, -0.05) is 18.2 Å². The first-order valence-electron chi connectivity index (χ1n) is 8.04. The predicted octanol–water partition coefficient (Wildman–Crippen LogP) is 2.51. The molecule has 0 saturated carbocycles. The summed E-state index contributed by atoms with van der Waals surface area (Å²) in [6.07, 6.45) is 9.35. The highest BCUT2D eigenvalue weighted by Crippen LogP contribution is 2.22. The molecule has 2 aromatic heterocycles. The number of rotatable bonds is 6. The molecule has 27 heavy (non-hydrogen) atoms. The van der Waals surface area contributed by atoms with E-state index in [-0.39, 0.29) is 0 Å². The van der Waals surface area contributed by atoms with Crippen LogP contribution in [0.4, 0.5) is 0 Å². The van der Waals surface area contributed by atoms with Crippen molar-refractivity contribution in [2.45, 2.75) is 19.5 Å². The number of benzene rings is 1. The molecule has 0 fully saturated rings. The highest BCUT2D eigenvalue weighted by molar-refractivity contribution is 5.89. The minimum absolute atomic E-state index is 0.531. The Morgan fingerprint density at radius 1 is 1.19 bits per heavy atom. The molecule has 0 unspecified atom stereocenters. The Morgan fingerprint density at radius 3 is 2.48 bits per heavy atom. The average molecular weight is 366 g/mol. The van der Waals surface area contributed by atoms with Crippen LogP contribution in [0.2, 0.25) is 0 Å². The number of para-hydroxylation sites is 1. The maximum Gasteiger partial charge on any atom is 0.328 e. The number of imidazole rings is 1. The van der Waals surface area contributed by atoms with Crippen LogP contribution in [0.5, 0.6) is 0 Å². The molecule has 2 N–H and O–H groups in total. The van der Waals surface area contributed by atoms with E-state index in [9.17, 15) is 9.59 Å². The highest BCUT2D eigenvalue weighted by atomic mass is 16.4. The Balaban J connectivity index is 0.000000279. The first-order chi connectivity index (χ1) is 13.0. The smallest absolute Gasteiger partial charge is 0.328 e. The Hall–Kier alpha value is -3.86. The van der Waals surface area contributed by atoms with Crippen molar-refractivity contribution in [2.75, 3.05) is 0 Å². The quantitative estimate of drug-likeness (QED) is 0.647. The summed E-state index contributed by atoms with van der Waals surface area (Å²) in [5, 5.41) is 25.6. The van der Waals surface area contributed by atoms with Gasteiger partial charge in [0.25, 0.3) is 0 Å². The summed E-state index contributed by atoms with van der Waals surface area (Å²) in [6, 6.07) is 10.5. The van der Waals surface area contributed by atoms with Gasteiger partial charge in [0.1, 0.15) is 0 Å². The van der Waals surface area contributed by atoms with Crippen molar-refractivity contribution in [3.63, 3.8) is 0 Å². The summed E-state index contributed by atoms with van der Waals surface area (Å²) >= 11 is 0. The summed E-state index contributed by atoms with van der Waals surface area (Å²) in [7, 11) is 0. The molecule has 0 bridgehead atoms. The van der Waals surface area contributed by atoms with E-state index < -0.39 is 11.9 Å². The third kappa shape index (κ3) is 5.86. The van der Waals surface area contributed by atoms with E-state index in [4.69, 9.17) is 15.5 Å². The summed E-state index contributed by atoms with van der Waals surface area (Å²) < 4.78 is 4.21. The monoisotopic (exact) mass is 366 g/mol. The normalized spacial score (nSPS) is 10.3. The number of nitrogens with zero attached hydrogens (tertiary/aromatic N) is 4. The molecule has 8 heteroatoms. The van der Waals surface area contributed by atoms with E-state index in [0.717, 1.165) is 13.1 Å². The summed E-state index contributed by atoms with van der Waals surface area (Å²) in [6.45, 7) is 1.54. The van der Waals surface area contributed by atoms with Gasteiger partial charge in [-0.15, -0.1) is 0 Å². The first-order valence-corrected chi connectivity index (χ1v) is 8.04. The molecular formula is C19H18N4O4. The van der Waals surface area contributed by atoms with Gasteiger partial charge in [-0.05, 0) is 11.6 Å². The van der Waals surface area contributed by atoms with Crippen LogP contribution in [0.15, 0.2) is 61.3 Å². The number of hydrogen-bond acceptors (Lipinski definition) is 4. The van der Waals surface area contributed by atoms with Crippen molar-refractivity contribution in [3.8, 4) is 6.07 Å². The van der Waals surface area contributed by atoms with E-state index in [1.165, 1.54) is 16.5 Å². The minimum Gasteiger partial charge on any atom is -0.478 e. The van der Waals surface area contributed by atoms with Crippen LogP contribution < -0.4 is 0 Å². The zero-order valence-electron chi connectivity index (χ0n) is 14.4. The van der Waals surface area contributed by atoms with Crippen LogP contribution >= 0.6 is 0 Å². The van der Waals surface area contributed by atoms with Gasteiger partial charge in [0.15, 0.2) is 0 Å². The van der Waals surface area contributed by atoms with Gasteiger partial charge in [-0.25, -0.2) is 14.6 Å². The van der Waals surface area contributed by atoms with Crippen molar-refractivity contribution in [1.29, 1.82) is 5.26 Å². The Bertz CT molecular complexity index is 965. The zero-order valence-corrected chi connectivity index (χ0v) is 14.4. The summed E-state index contributed by atoms with van der Waals surface area (Å²) in [5.74, 6) is -2.51. The lowest BCUT2D eigenvalue weighted by molar-refractivity contribution is -0.134. The lowest BCUT2D eigenvalue weighted by Crippen LogP contribution is -1.96. The molecule has 0 radical (unpaired) electrons. The van der Waals surface area contributed by atoms with E-state index >= 15 is 0 Å². The molecule has 3 rings (SSSR count). The van der Waals surface area contributed by atoms with Crippen molar-refractivity contribution < 1.29 is 19.8 Å². The number of aliphatic carboxylic acids is 2. The molecule has 0 aliphatic carbocycles. The predicted molar refractivity (Wildman–Crippen MR) is 97.9 cm³/mol. The number of aromatic nitrogens is 3. The third-order valence-corrected chi connectivity index (χ3v) is 3.62. The van der Waals surface area contributed by atoms with Crippen LogP contribution in [-0.4, -0.2) is 36.3 Å². The zero-order chi connectivity index (χ0) is 19.6. The molecule has 8 nitrogen and oxygen atoms in total. The fraction of sp³-hybridized carbons (Fsp3) is 0.158. The number of carboxylic acid groups (broad SMARTS) is 2. The highest BCUT2D eigenvalue weighted by Gasteiger charge is 2.08. The van der Waals surface area contributed by atoms with Gasteiger partial charge >= 0.3 is 11.9 Å².